The van der Waals surface area contributed by atoms with Gasteiger partial charge in [0.2, 0.25) is 0 Å². The molecule has 0 radical (unpaired) electrons. The molecule has 2 rings (SSSR count). The van der Waals surface area contributed by atoms with Crippen LogP contribution in [0.15, 0.2) is 24.3 Å². The summed E-state index contributed by atoms with van der Waals surface area (Å²) in [5.74, 6) is -0.654. The molecule has 82 valence electrons. The van der Waals surface area contributed by atoms with Crippen molar-refractivity contribution < 1.29 is 14.6 Å². The van der Waals surface area contributed by atoms with E-state index in [-0.39, 0.29) is 5.69 Å². The van der Waals surface area contributed by atoms with Gasteiger partial charge in [0.1, 0.15) is 5.75 Å². The van der Waals surface area contributed by atoms with Crippen LogP contribution in [0.4, 0.5) is 5.69 Å². The predicted octanol–water partition coefficient (Wildman–Crippen LogP) is 1.52. The van der Waals surface area contributed by atoms with Crippen molar-refractivity contribution in [3.63, 3.8) is 0 Å². The Kier molecular flexibility index (Phi) is 2.36. The van der Waals surface area contributed by atoms with Gasteiger partial charge >= 0.3 is 5.97 Å². The Morgan fingerprint density at radius 1 is 1.50 bits per heavy atom. The van der Waals surface area contributed by atoms with E-state index in [4.69, 9.17) is 15.6 Å². The molecule has 5 heteroatoms. The van der Waals surface area contributed by atoms with E-state index in [1.54, 1.807) is 18.2 Å². The maximum atomic E-state index is 10.9. The van der Waals surface area contributed by atoms with Crippen LogP contribution in [0.3, 0.4) is 0 Å². The summed E-state index contributed by atoms with van der Waals surface area (Å²) in [4.78, 5) is 14.8. The second-order valence-corrected chi connectivity index (χ2v) is 3.26. The molecular formula is C11H10N2O3. The Balaban J connectivity index is 2.84. The molecule has 1 aromatic carbocycles. The van der Waals surface area contributed by atoms with Gasteiger partial charge < -0.3 is 15.6 Å². The van der Waals surface area contributed by atoms with E-state index in [0.29, 0.717) is 22.3 Å². The molecule has 0 saturated carbocycles. The lowest BCUT2D eigenvalue weighted by Crippen LogP contribution is -2.03. The van der Waals surface area contributed by atoms with E-state index in [1.807, 2.05) is 0 Å². The van der Waals surface area contributed by atoms with Gasteiger partial charge in [-0.3, -0.25) is 0 Å². The first kappa shape index (κ1) is 10.2. The van der Waals surface area contributed by atoms with E-state index in [9.17, 15) is 4.79 Å². The number of carboxylic acids is 1. The molecule has 16 heavy (non-hydrogen) atoms. The highest BCUT2D eigenvalue weighted by Gasteiger charge is 2.12. The Hall–Kier alpha value is -2.30. The normalized spacial score (nSPS) is 10.3. The third-order valence-corrected chi connectivity index (χ3v) is 2.27. The first-order valence-electron chi connectivity index (χ1n) is 4.60. The topological polar surface area (TPSA) is 85.4 Å². The maximum Gasteiger partial charge on any atom is 0.354 e. The Morgan fingerprint density at radius 2 is 2.25 bits per heavy atom. The summed E-state index contributed by atoms with van der Waals surface area (Å²) in [6.45, 7) is 0. The number of para-hydroxylation sites is 1. The second-order valence-electron chi connectivity index (χ2n) is 3.26. The molecule has 0 atom stereocenters. The van der Waals surface area contributed by atoms with Crippen molar-refractivity contribution in [3.8, 4) is 5.75 Å². The molecule has 0 aliphatic rings. The number of nitrogen functional groups attached to an aromatic ring is 1. The zero-order valence-corrected chi connectivity index (χ0v) is 8.60. The zero-order chi connectivity index (χ0) is 11.7. The SMILES string of the molecule is COc1cc(C(=O)O)nc2c(N)cccc12. The van der Waals surface area contributed by atoms with Gasteiger partial charge in [-0.1, -0.05) is 6.07 Å². The number of carboxylic acid groups (broad SMARTS) is 1. The number of methoxy groups -OCH3 is 1. The third kappa shape index (κ3) is 1.52. The number of rotatable bonds is 2. The molecule has 0 bridgehead atoms. The predicted molar refractivity (Wildman–Crippen MR) is 59.7 cm³/mol. The Bertz CT molecular complexity index is 566. The summed E-state index contributed by atoms with van der Waals surface area (Å²) in [5, 5.41) is 9.60. The molecule has 0 aliphatic carbocycles. The molecule has 0 fully saturated rings. The number of pyridine rings is 1. The highest BCUT2D eigenvalue weighted by molar-refractivity contribution is 5.97. The van der Waals surface area contributed by atoms with E-state index >= 15 is 0 Å². The number of hydrogen-bond acceptors (Lipinski definition) is 4. The van der Waals surface area contributed by atoms with Crippen LogP contribution < -0.4 is 10.5 Å². The van der Waals surface area contributed by atoms with E-state index in [1.165, 1.54) is 13.2 Å². The van der Waals surface area contributed by atoms with Crippen molar-refractivity contribution in [1.29, 1.82) is 0 Å². The quantitative estimate of drug-likeness (QED) is 0.746. The van der Waals surface area contributed by atoms with Gasteiger partial charge in [-0.25, -0.2) is 9.78 Å². The summed E-state index contributed by atoms with van der Waals surface area (Å²) in [5.41, 5.74) is 6.53. The van der Waals surface area contributed by atoms with Crippen LogP contribution in [0.5, 0.6) is 5.75 Å². The summed E-state index contributed by atoms with van der Waals surface area (Å²) in [6, 6.07) is 6.59. The molecule has 2 aromatic rings. The summed E-state index contributed by atoms with van der Waals surface area (Å²) < 4.78 is 5.11. The molecule has 0 aliphatic heterocycles. The van der Waals surface area contributed by atoms with Crippen molar-refractivity contribution in [1.82, 2.24) is 4.98 Å². The average molecular weight is 218 g/mol. The highest BCUT2D eigenvalue weighted by atomic mass is 16.5. The van der Waals surface area contributed by atoms with Gasteiger partial charge in [0.15, 0.2) is 5.69 Å². The van der Waals surface area contributed by atoms with Crippen molar-refractivity contribution in [3.05, 3.63) is 30.0 Å². The zero-order valence-electron chi connectivity index (χ0n) is 8.60. The summed E-state index contributed by atoms with van der Waals surface area (Å²) >= 11 is 0. The van der Waals surface area contributed by atoms with Gasteiger partial charge in [0.05, 0.1) is 18.3 Å². The standard InChI is InChI=1S/C11H10N2O3/c1-16-9-5-8(11(14)15)13-10-6(9)3-2-4-7(10)12/h2-5H,12H2,1H3,(H,14,15). The monoisotopic (exact) mass is 218 g/mol. The smallest absolute Gasteiger partial charge is 0.354 e. The van der Waals surface area contributed by atoms with Crippen LogP contribution in [0.25, 0.3) is 10.9 Å². The fraction of sp³-hybridized carbons (Fsp3) is 0.0909. The molecule has 0 saturated heterocycles. The minimum absolute atomic E-state index is 0.0812. The van der Waals surface area contributed by atoms with E-state index in [2.05, 4.69) is 4.98 Å². The first-order valence-corrected chi connectivity index (χ1v) is 4.60. The number of hydrogen-bond donors (Lipinski definition) is 2. The molecule has 1 aromatic heterocycles. The van der Waals surface area contributed by atoms with E-state index in [0.717, 1.165) is 0 Å². The summed E-state index contributed by atoms with van der Waals surface area (Å²) in [6.07, 6.45) is 0. The fourth-order valence-corrected chi connectivity index (χ4v) is 1.52. The van der Waals surface area contributed by atoms with Crippen molar-refractivity contribution in [2.75, 3.05) is 12.8 Å². The number of nitrogens with two attached hydrogens (primary N) is 1. The lowest BCUT2D eigenvalue weighted by molar-refractivity contribution is 0.0690. The molecule has 3 N–H and O–H groups in total. The number of fused-ring (bicyclic) bond motifs is 1. The number of nitrogens with zero attached hydrogens (tertiary/aromatic N) is 1. The lowest BCUT2D eigenvalue weighted by Gasteiger charge is -2.07. The molecule has 0 spiro atoms. The molecule has 1 heterocycles. The van der Waals surface area contributed by atoms with Gasteiger partial charge in [-0.15, -0.1) is 0 Å². The van der Waals surface area contributed by atoms with E-state index < -0.39 is 5.97 Å². The van der Waals surface area contributed by atoms with Gasteiger partial charge in [-0.2, -0.15) is 0 Å². The third-order valence-electron chi connectivity index (χ3n) is 2.27. The lowest BCUT2D eigenvalue weighted by atomic mass is 10.1. The molecular weight excluding hydrogens is 208 g/mol. The first-order chi connectivity index (χ1) is 7.63. The molecule has 0 amide bonds. The average Bonchev–Trinajstić information content (AvgIpc) is 2.28. The van der Waals surface area contributed by atoms with Crippen LogP contribution in [0, 0.1) is 0 Å². The van der Waals surface area contributed by atoms with Gasteiger partial charge in [-0.05, 0) is 12.1 Å². The minimum Gasteiger partial charge on any atom is -0.496 e. The van der Waals surface area contributed by atoms with Crippen LogP contribution in [0.1, 0.15) is 10.5 Å². The van der Waals surface area contributed by atoms with Crippen LogP contribution in [-0.4, -0.2) is 23.2 Å². The van der Waals surface area contributed by atoms with Crippen molar-refractivity contribution in [2.24, 2.45) is 0 Å². The van der Waals surface area contributed by atoms with Crippen molar-refractivity contribution >= 4 is 22.6 Å². The molecule has 5 nitrogen and oxygen atoms in total. The number of anilines is 1. The number of aromatic carboxylic acids is 1. The molecule has 0 unspecified atom stereocenters. The van der Waals surface area contributed by atoms with Crippen LogP contribution in [0.2, 0.25) is 0 Å². The van der Waals surface area contributed by atoms with Gasteiger partial charge in [0, 0.05) is 11.5 Å². The Labute approximate surface area is 91.5 Å². The van der Waals surface area contributed by atoms with Crippen LogP contribution >= 0.6 is 0 Å². The number of ether oxygens (including phenoxy) is 1. The largest absolute Gasteiger partial charge is 0.496 e. The highest BCUT2D eigenvalue weighted by Crippen LogP contribution is 2.28. The van der Waals surface area contributed by atoms with Gasteiger partial charge in [0.25, 0.3) is 0 Å². The Morgan fingerprint density at radius 3 is 2.88 bits per heavy atom. The maximum absolute atomic E-state index is 10.9. The minimum atomic E-state index is -1.11. The number of carbonyl (C=O) groups is 1. The number of aromatic nitrogens is 1. The number of benzene rings is 1. The summed E-state index contributed by atoms with van der Waals surface area (Å²) in [7, 11) is 1.48. The fourth-order valence-electron chi connectivity index (χ4n) is 1.52. The second kappa shape index (κ2) is 3.69. The van der Waals surface area contributed by atoms with Crippen LogP contribution in [-0.2, 0) is 0 Å². The van der Waals surface area contributed by atoms with Crippen molar-refractivity contribution in [2.45, 2.75) is 0 Å².